The van der Waals surface area contributed by atoms with Crippen LogP contribution in [0.5, 0.6) is 11.5 Å². The molecule has 0 atom stereocenters. The Kier molecular flexibility index (Phi) is 6.42. The number of imidazole rings is 1. The molecular weight excluding hydrogens is 394 g/mol. The van der Waals surface area contributed by atoms with Crippen molar-refractivity contribution in [3.63, 3.8) is 0 Å². The van der Waals surface area contributed by atoms with Gasteiger partial charge in [-0.3, -0.25) is 4.79 Å². The van der Waals surface area contributed by atoms with Crippen LogP contribution in [0.25, 0.3) is 11.0 Å². The lowest BCUT2D eigenvalue weighted by Gasteiger charge is -2.32. The molecule has 0 aliphatic carbocycles. The van der Waals surface area contributed by atoms with Gasteiger partial charge in [-0.2, -0.15) is 0 Å². The number of hydrogen-bond acceptors (Lipinski definition) is 5. The van der Waals surface area contributed by atoms with E-state index in [1.807, 2.05) is 17.0 Å². The Hall–Kier alpha value is -3.06. The normalized spacial score (nSPS) is 14.7. The molecule has 0 radical (unpaired) electrons. The number of likely N-dealkylation sites (tertiary alicyclic amines) is 1. The number of aromatic nitrogens is 2. The second-order valence-electron chi connectivity index (χ2n) is 7.77. The fourth-order valence-corrected chi connectivity index (χ4v) is 4.28. The van der Waals surface area contributed by atoms with Crippen LogP contribution in [0.1, 0.15) is 34.9 Å². The number of piperidine rings is 1. The number of benzene rings is 2. The Morgan fingerprint density at radius 3 is 2.35 bits per heavy atom. The van der Waals surface area contributed by atoms with Gasteiger partial charge in [0.25, 0.3) is 5.91 Å². The standard InChI is InChI=1S/C24H29N3O4/c1-29-13-12-27-22-7-5-4-6-21(22)25-23(27)17-8-10-26(11-9-17)24(28)18-14-19(30-2)16-20(15-18)31-3/h4-7,14-17H,8-13H2,1-3H3. The van der Waals surface area contributed by atoms with E-state index in [0.717, 1.165) is 36.2 Å². The molecule has 2 aromatic carbocycles. The minimum atomic E-state index is 0.00327. The zero-order chi connectivity index (χ0) is 21.8. The second kappa shape index (κ2) is 9.39. The van der Waals surface area contributed by atoms with Gasteiger partial charge in [-0.25, -0.2) is 4.98 Å². The number of ether oxygens (including phenoxy) is 3. The van der Waals surface area contributed by atoms with Gasteiger partial charge in [0.1, 0.15) is 17.3 Å². The zero-order valence-corrected chi connectivity index (χ0v) is 18.3. The average Bonchev–Trinajstić information content (AvgIpc) is 3.20. The Bertz CT molecular complexity index is 1030. The highest BCUT2D eigenvalue weighted by atomic mass is 16.5. The van der Waals surface area contributed by atoms with E-state index in [2.05, 4.69) is 16.7 Å². The summed E-state index contributed by atoms with van der Waals surface area (Å²) in [4.78, 5) is 19.9. The van der Waals surface area contributed by atoms with Gasteiger partial charge >= 0.3 is 0 Å². The molecule has 3 aromatic rings. The minimum Gasteiger partial charge on any atom is -0.497 e. The van der Waals surface area contributed by atoms with Gasteiger partial charge in [-0.1, -0.05) is 12.1 Å². The van der Waals surface area contributed by atoms with E-state index in [1.54, 1.807) is 39.5 Å². The van der Waals surface area contributed by atoms with Crippen LogP contribution < -0.4 is 9.47 Å². The van der Waals surface area contributed by atoms with E-state index in [1.165, 1.54) is 0 Å². The molecule has 0 bridgehead atoms. The van der Waals surface area contributed by atoms with Crippen molar-refractivity contribution in [2.75, 3.05) is 41.0 Å². The summed E-state index contributed by atoms with van der Waals surface area (Å²) in [7, 11) is 4.89. The number of amides is 1. The molecule has 4 rings (SSSR count). The van der Waals surface area contributed by atoms with Crippen molar-refractivity contribution < 1.29 is 19.0 Å². The van der Waals surface area contributed by atoms with Crippen LogP contribution in [0.2, 0.25) is 0 Å². The Morgan fingerprint density at radius 2 is 1.71 bits per heavy atom. The third kappa shape index (κ3) is 4.37. The number of methoxy groups -OCH3 is 3. The van der Waals surface area contributed by atoms with E-state index in [4.69, 9.17) is 19.2 Å². The fourth-order valence-electron chi connectivity index (χ4n) is 4.28. The maximum Gasteiger partial charge on any atom is 0.254 e. The summed E-state index contributed by atoms with van der Waals surface area (Å²) in [6.07, 6.45) is 1.76. The zero-order valence-electron chi connectivity index (χ0n) is 18.3. The lowest BCUT2D eigenvalue weighted by atomic mass is 9.95. The second-order valence-corrected chi connectivity index (χ2v) is 7.77. The lowest BCUT2D eigenvalue weighted by molar-refractivity contribution is 0.0709. The highest BCUT2D eigenvalue weighted by Gasteiger charge is 2.28. The van der Waals surface area contributed by atoms with Crippen molar-refractivity contribution in [3.8, 4) is 11.5 Å². The first-order valence-corrected chi connectivity index (χ1v) is 10.6. The van der Waals surface area contributed by atoms with Crippen molar-refractivity contribution in [1.82, 2.24) is 14.5 Å². The third-order valence-corrected chi connectivity index (χ3v) is 5.95. The summed E-state index contributed by atoms with van der Waals surface area (Å²) in [5, 5.41) is 0. The summed E-state index contributed by atoms with van der Waals surface area (Å²) in [6, 6.07) is 13.5. The molecule has 1 aliphatic rings. The molecule has 31 heavy (non-hydrogen) atoms. The number of hydrogen-bond donors (Lipinski definition) is 0. The Labute approximate surface area is 182 Å². The molecule has 7 heteroatoms. The third-order valence-electron chi connectivity index (χ3n) is 5.95. The largest absolute Gasteiger partial charge is 0.497 e. The first-order valence-electron chi connectivity index (χ1n) is 10.6. The van der Waals surface area contributed by atoms with E-state index in [9.17, 15) is 4.79 Å². The summed E-state index contributed by atoms with van der Waals surface area (Å²) in [5.41, 5.74) is 2.73. The summed E-state index contributed by atoms with van der Waals surface area (Å²) >= 11 is 0. The fraction of sp³-hybridized carbons (Fsp3) is 0.417. The maximum absolute atomic E-state index is 13.1. The predicted octanol–water partition coefficient (Wildman–Crippen LogP) is 3.72. The number of fused-ring (bicyclic) bond motifs is 1. The molecule has 1 aromatic heterocycles. The summed E-state index contributed by atoms with van der Waals surface area (Å²) < 4.78 is 18.2. The Morgan fingerprint density at radius 1 is 1.03 bits per heavy atom. The Balaban J connectivity index is 1.51. The van der Waals surface area contributed by atoms with Gasteiger partial charge in [0.2, 0.25) is 0 Å². The number of nitrogens with zero attached hydrogens (tertiary/aromatic N) is 3. The number of carbonyl (C=O) groups excluding carboxylic acids is 1. The predicted molar refractivity (Wildman–Crippen MR) is 119 cm³/mol. The highest BCUT2D eigenvalue weighted by Crippen LogP contribution is 2.31. The molecule has 0 saturated carbocycles. The van der Waals surface area contributed by atoms with E-state index in [0.29, 0.717) is 42.7 Å². The van der Waals surface area contributed by atoms with Crippen molar-refractivity contribution in [2.45, 2.75) is 25.3 Å². The first-order chi connectivity index (χ1) is 15.1. The van der Waals surface area contributed by atoms with Gasteiger partial charge in [-0.15, -0.1) is 0 Å². The van der Waals surface area contributed by atoms with Crippen molar-refractivity contribution >= 4 is 16.9 Å². The molecule has 1 saturated heterocycles. The van der Waals surface area contributed by atoms with Gasteiger partial charge in [0.15, 0.2) is 0 Å². The van der Waals surface area contributed by atoms with Crippen LogP contribution in [0, 0.1) is 0 Å². The molecule has 1 fully saturated rings. The number of carbonyl (C=O) groups is 1. The molecule has 7 nitrogen and oxygen atoms in total. The molecule has 2 heterocycles. The van der Waals surface area contributed by atoms with Gasteiger partial charge in [-0.05, 0) is 37.1 Å². The number of para-hydroxylation sites is 2. The van der Waals surface area contributed by atoms with Crippen molar-refractivity contribution in [2.24, 2.45) is 0 Å². The minimum absolute atomic E-state index is 0.00327. The number of rotatable bonds is 7. The van der Waals surface area contributed by atoms with Gasteiger partial charge < -0.3 is 23.7 Å². The lowest BCUT2D eigenvalue weighted by Crippen LogP contribution is -2.38. The molecule has 0 spiro atoms. The van der Waals surface area contributed by atoms with Crippen LogP contribution in [0.3, 0.4) is 0 Å². The monoisotopic (exact) mass is 423 g/mol. The van der Waals surface area contributed by atoms with E-state index >= 15 is 0 Å². The van der Waals surface area contributed by atoms with E-state index in [-0.39, 0.29) is 5.91 Å². The van der Waals surface area contributed by atoms with Gasteiger partial charge in [0, 0.05) is 44.3 Å². The van der Waals surface area contributed by atoms with E-state index < -0.39 is 0 Å². The van der Waals surface area contributed by atoms with Crippen LogP contribution in [0.4, 0.5) is 0 Å². The maximum atomic E-state index is 13.1. The summed E-state index contributed by atoms with van der Waals surface area (Å²) in [6.45, 7) is 2.80. The molecule has 164 valence electrons. The van der Waals surface area contributed by atoms with Crippen LogP contribution in [0.15, 0.2) is 42.5 Å². The molecule has 0 N–H and O–H groups in total. The molecule has 0 unspecified atom stereocenters. The van der Waals surface area contributed by atoms with Crippen LogP contribution >= 0.6 is 0 Å². The van der Waals surface area contributed by atoms with Crippen molar-refractivity contribution in [3.05, 3.63) is 53.9 Å². The summed E-state index contributed by atoms with van der Waals surface area (Å²) in [5.74, 6) is 2.64. The SMILES string of the molecule is COCCn1c(C2CCN(C(=O)c3cc(OC)cc(OC)c3)CC2)nc2ccccc21. The van der Waals surface area contributed by atoms with Crippen LogP contribution in [-0.2, 0) is 11.3 Å². The molecule has 1 amide bonds. The average molecular weight is 424 g/mol. The quantitative estimate of drug-likeness (QED) is 0.580. The topological polar surface area (TPSA) is 65.8 Å². The van der Waals surface area contributed by atoms with Gasteiger partial charge in [0.05, 0.1) is 31.9 Å². The van der Waals surface area contributed by atoms with Crippen molar-refractivity contribution in [1.29, 1.82) is 0 Å². The molecule has 1 aliphatic heterocycles. The highest BCUT2D eigenvalue weighted by molar-refractivity contribution is 5.95. The van der Waals surface area contributed by atoms with Crippen LogP contribution in [-0.4, -0.2) is 61.4 Å². The smallest absolute Gasteiger partial charge is 0.254 e. The first kappa shape index (κ1) is 21.2. The molecular formula is C24H29N3O4.